The number of hydrogen-bond donors (Lipinski definition) is 6. The van der Waals surface area contributed by atoms with Gasteiger partial charge in [-0.2, -0.15) is 0 Å². The zero-order valence-electron chi connectivity index (χ0n) is 17.5. The zero-order valence-corrected chi connectivity index (χ0v) is 17.5. The fourth-order valence-electron chi connectivity index (χ4n) is 0.855. The first kappa shape index (κ1) is 32.7. The number of rotatable bonds is 6. The molecule has 3 atom stereocenters. The average molecular weight is 394 g/mol. The molecule has 0 saturated carbocycles. The summed E-state index contributed by atoms with van der Waals surface area (Å²) in [5.41, 5.74) is 15.5. The minimum Gasteiger partial charge on any atom is -0.480 e. The number of carbonyl (C=O) groups is 3. The first-order chi connectivity index (χ1) is 12.1. The lowest BCUT2D eigenvalue weighted by atomic mass is 10.1. The summed E-state index contributed by atoms with van der Waals surface area (Å²) in [6.07, 6.45) is 1.75. The van der Waals surface area contributed by atoms with Crippen LogP contribution in [-0.4, -0.2) is 51.4 Å². The third kappa shape index (κ3) is 24.0. The first-order valence-electron chi connectivity index (χ1n) is 8.60. The van der Waals surface area contributed by atoms with Gasteiger partial charge in [0.05, 0.1) is 0 Å². The van der Waals surface area contributed by atoms with Crippen LogP contribution in [0.15, 0.2) is 12.7 Å². The molecule has 162 valence electrons. The lowest BCUT2D eigenvalue weighted by Crippen LogP contribution is -2.34. The third-order valence-corrected chi connectivity index (χ3v) is 3.01. The van der Waals surface area contributed by atoms with Crippen LogP contribution in [-0.2, 0) is 14.4 Å². The molecule has 0 saturated heterocycles. The normalized spacial score (nSPS) is 12.9. The Balaban J connectivity index is -0.000000137. The van der Waals surface area contributed by atoms with E-state index < -0.39 is 36.0 Å². The molecule has 0 unspecified atom stereocenters. The summed E-state index contributed by atoms with van der Waals surface area (Å²) in [7, 11) is 0. The van der Waals surface area contributed by atoms with Gasteiger partial charge in [0.2, 0.25) is 0 Å². The van der Waals surface area contributed by atoms with Gasteiger partial charge in [-0.3, -0.25) is 14.4 Å². The quantitative estimate of drug-likeness (QED) is 0.361. The number of aliphatic carboxylic acids is 3. The van der Waals surface area contributed by atoms with E-state index in [2.05, 4.69) is 6.58 Å². The van der Waals surface area contributed by atoms with Crippen LogP contribution in [0.4, 0.5) is 0 Å². The number of carboxylic acid groups (broad SMARTS) is 3. The molecule has 0 spiro atoms. The van der Waals surface area contributed by atoms with E-state index in [1.165, 1.54) is 0 Å². The van der Waals surface area contributed by atoms with Crippen LogP contribution in [0.1, 0.15) is 48.5 Å². The molecule has 27 heavy (non-hydrogen) atoms. The molecule has 0 heterocycles. The highest BCUT2D eigenvalue weighted by molar-refractivity contribution is 5.74. The van der Waals surface area contributed by atoms with Crippen molar-refractivity contribution in [3.8, 4) is 0 Å². The number of carboxylic acids is 3. The van der Waals surface area contributed by atoms with E-state index in [-0.39, 0.29) is 17.8 Å². The van der Waals surface area contributed by atoms with Crippen molar-refractivity contribution in [2.24, 2.45) is 35.0 Å². The Kier molecular flexibility index (Phi) is 22.8. The summed E-state index contributed by atoms with van der Waals surface area (Å²) in [4.78, 5) is 30.0. The van der Waals surface area contributed by atoms with Crippen molar-refractivity contribution < 1.29 is 29.7 Å². The van der Waals surface area contributed by atoms with Gasteiger partial charge in [0.25, 0.3) is 0 Å². The molecule has 0 radical (unpaired) electrons. The SMILES string of the molecule is C=CC.CC(C)[C@H](N)C(=O)O.CC(C)[C@H](N)C(=O)O.CC(C)[C@H](N)C(=O)O. The number of hydrogen-bond acceptors (Lipinski definition) is 6. The zero-order chi connectivity index (χ0) is 22.9. The van der Waals surface area contributed by atoms with Crippen molar-refractivity contribution in [1.82, 2.24) is 0 Å². The summed E-state index contributed by atoms with van der Waals surface area (Å²) in [5, 5.41) is 24.7. The molecule has 0 aliphatic heterocycles. The van der Waals surface area contributed by atoms with Crippen LogP contribution in [0.3, 0.4) is 0 Å². The van der Waals surface area contributed by atoms with E-state index in [0.717, 1.165) is 0 Å². The minimum absolute atomic E-state index is 0.0208. The summed E-state index contributed by atoms with van der Waals surface area (Å²) in [5.74, 6) is -2.73. The Labute approximate surface area is 162 Å². The predicted molar refractivity (Wildman–Crippen MR) is 107 cm³/mol. The fraction of sp³-hybridized carbons (Fsp3) is 0.722. The lowest BCUT2D eigenvalue weighted by Gasteiger charge is -2.07. The minimum atomic E-state index is -0.931. The van der Waals surface area contributed by atoms with E-state index in [4.69, 9.17) is 32.5 Å². The van der Waals surface area contributed by atoms with Crippen LogP contribution in [0.5, 0.6) is 0 Å². The molecule has 0 rings (SSSR count). The smallest absolute Gasteiger partial charge is 0.320 e. The molecule has 0 bridgehead atoms. The molecule has 0 aromatic carbocycles. The molecule has 9 nitrogen and oxygen atoms in total. The molecule has 9 heteroatoms. The van der Waals surface area contributed by atoms with Gasteiger partial charge in [0.1, 0.15) is 18.1 Å². The second kappa shape index (κ2) is 18.8. The van der Waals surface area contributed by atoms with Crippen LogP contribution in [0, 0.1) is 17.8 Å². The van der Waals surface area contributed by atoms with Gasteiger partial charge in [-0.25, -0.2) is 0 Å². The van der Waals surface area contributed by atoms with Gasteiger partial charge in [-0.1, -0.05) is 47.6 Å². The van der Waals surface area contributed by atoms with Gasteiger partial charge in [-0.05, 0) is 24.7 Å². The molecular weight excluding hydrogens is 354 g/mol. The number of nitrogens with two attached hydrogens (primary N) is 3. The maximum atomic E-state index is 10.0. The molecule has 0 amide bonds. The van der Waals surface area contributed by atoms with Crippen molar-refractivity contribution in [3.05, 3.63) is 12.7 Å². The van der Waals surface area contributed by atoms with Crippen LogP contribution in [0.25, 0.3) is 0 Å². The fourth-order valence-corrected chi connectivity index (χ4v) is 0.855. The van der Waals surface area contributed by atoms with Gasteiger partial charge in [0.15, 0.2) is 0 Å². The Morgan fingerprint density at radius 1 is 0.667 bits per heavy atom. The Hall–Kier alpha value is -1.97. The highest BCUT2D eigenvalue weighted by atomic mass is 16.4. The summed E-state index contributed by atoms with van der Waals surface area (Å²) < 4.78 is 0. The van der Waals surface area contributed by atoms with Crippen molar-refractivity contribution in [2.75, 3.05) is 0 Å². The van der Waals surface area contributed by atoms with Crippen LogP contribution >= 0.6 is 0 Å². The van der Waals surface area contributed by atoms with E-state index in [1.54, 1.807) is 47.6 Å². The molecule has 0 aliphatic carbocycles. The maximum absolute atomic E-state index is 10.0. The van der Waals surface area contributed by atoms with Crippen molar-refractivity contribution >= 4 is 17.9 Å². The Bertz CT molecular complexity index is 368. The second-order valence-corrected chi connectivity index (χ2v) is 6.73. The molecule has 9 N–H and O–H groups in total. The van der Waals surface area contributed by atoms with Gasteiger partial charge in [-0.15, -0.1) is 6.58 Å². The van der Waals surface area contributed by atoms with Crippen LogP contribution in [0.2, 0.25) is 0 Å². The lowest BCUT2D eigenvalue weighted by molar-refractivity contribution is -0.140. The van der Waals surface area contributed by atoms with Gasteiger partial charge < -0.3 is 32.5 Å². The topological polar surface area (TPSA) is 190 Å². The van der Waals surface area contributed by atoms with Gasteiger partial charge in [0, 0.05) is 0 Å². The standard InChI is InChI=1S/3C5H11NO2.C3H6/c3*1-3(2)4(6)5(7)8;1-3-2/h3*3-4H,6H2,1-2H3,(H,7,8);3H,1H2,2H3/t3*4-;/m000./s1. The van der Waals surface area contributed by atoms with Crippen molar-refractivity contribution in [1.29, 1.82) is 0 Å². The van der Waals surface area contributed by atoms with E-state index in [0.29, 0.717) is 0 Å². The summed E-state index contributed by atoms with van der Waals surface area (Å²) in [6, 6.07) is -2.14. The molecule has 0 aliphatic rings. The van der Waals surface area contributed by atoms with Gasteiger partial charge >= 0.3 is 17.9 Å². The summed E-state index contributed by atoms with van der Waals surface area (Å²) in [6.45, 7) is 15.9. The summed E-state index contributed by atoms with van der Waals surface area (Å²) >= 11 is 0. The van der Waals surface area contributed by atoms with Crippen LogP contribution < -0.4 is 17.2 Å². The molecule has 0 fully saturated rings. The highest BCUT2D eigenvalue weighted by Crippen LogP contribution is 1.97. The Morgan fingerprint density at radius 3 is 0.778 bits per heavy atom. The predicted octanol–water partition coefficient (Wildman–Crippen LogP) is 1.36. The van der Waals surface area contributed by atoms with Crippen molar-refractivity contribution in [3.63, 3.8) is 0 Å². The monoisotopic (exact) mass is 393 g/mol. The van der Waals surface area contributed by atoms with E-state index >= 15 is 0 Å². The molecule has 0 aromatic heterocycles. The number of allylic oxidation sites excluding steroid dienone is 1. The second-order valence-electron chi connectivity index (χ2n) is 6.73. The molecular formula is C18H39N3O6. The highest BCUT2D eigenvalue weighted by Gasteiger charge is 2.15. The largest absolute Gasteiger partial charge is 0.480 e. The average Bonchev–Trinajstić information content (AvgIpc) is 2.53. The Morgan fingerprint density at radius 2 is 0.778 bits per heavy atom. The maximum Gasteiger partial charge on any atom is 0.320 e. The van der Waals surface area contributed by atoms with E-state index in [1.807, 2.05) is 6.92 Å². The molecule has 0 aromatic rings. The van der Waals surface area contributed by atoms with E-state index in [9.17, 15) is 14.4 Å². The van der Waals surface area contributed by atoms with Crippen molar-refractivity contribution in [2.45, 2.75) is 66.6 Å². The first-order valence-corrected chi connectivity index (χ1v) is 8.60. The third-order valence-electron chi connectivity index (χ3n) is 3.01.